The van der Waals surface area contributed by atoms with Crippen molar-refractivity contribution in [2.24, 2.45) is 0 Å². The zero-order valence-corrected chi connectivity index (χ0v) is 9.79. The second-order valence-electron chi connectivity index (χ2n) is 2.54. The number of nitrogens with two attached hydrogens (primary N) is 1. The van der Waals surface area contributed by atoms with Gasteiger partial charge in [-0.1, -0.05) is 11.3 Å². The summed E-state index contributed by atoms with van der Waals surface area (Å²) in [6.45, 7) is 0. The van der Waals surface area contributed by atoms with E-state index in [1.807, 2.05) is 0 Å². The number of aromatic nitrogens is 1. The monoisotopic (exact) mass is 266 g/mol. The van der Waals surface area contributed by atoms with Gasteiger partial charge in [0.2, 0.25) is 0 Å². The minimum Gasteiger partial charge on any atom is -0.478 e. The highest BCUT2D eigenvalue weighted by atomic mass is 35.5. The smallest absolute Gasteiger partial charge is 0.335 e. The Bertz CT molecular complexity index is 486. The molecule has 3 N–H and O–H groups in total. The quantitative estimate of drug-likeness (QED) is 0.831. The topological polar surface area (TPSA) is 76.2 Å². The van der Waals surface area contributed by atoms with Gasteiger partial charge < -0.3 is 10.8 Å². The van der Waals surface area contributed by atoms with E-state index in [1.54, 1.807) is 12.1 Å². The molecule has 0 spiro atoms. The summed E-state index contributed by atoms with van der Waals surface area (Å²) < 4.78 is 0.905. The van der Waals surface area contributed by atoms with Gasteiger partial charge in [0.1, 0.15) is 0 Å². The van der Waals surface area contributed by atoms with Crippen molar-refractivity contribution in [3.8, 4) is 0 Å². The number of fused-ring (bicyclic) bond motifs is 1. The summed E-state index contributed by atoms with van der Waals surface area (Å²) >= 11 is 1.35. The molecule has 0 amide bonds. The van der Waals surface area contributed by atoms with Crippen LogP contribution < -0.4 is 5.73 Å². The molecule has 0 aliphatic rings. The molecule has 0 aliphatic heterocycles. The van der Waals surface area contributed by atoms with Crippen LogP contribution >= 0.6 is 36.2 Å². The average molecular weight is 267 g/mol. The van der Waals surface area contributed by atoms with Gasteiger partial charge in [0, 0.05) is 0 Å². The number of benzene rings is 1. The summed E-state index contributed by atoms with van der Waals surface area (Å²) in [4.78, 5) is 14.6. The van der Waals surface area contributed by atoms with Crippen LogP contribution in [0.1, 0.15) is 10.4 Å². The normalized spacial score (nSPS) is 9.07. The molecule has 0 atom stereocenters. The maximum Gasteiger partial charge on any atom is 0.335 e. The summed E-state index contributed by atoms with van der Waals surface area (Å²) in [7, 11) is 0. The van der Waals surface area contributed by atoms with Crippen LogP contribution in [-0.2, 0) is 0 Å². The number of rotatable bonds is 1. The Morgan fingerprint density at radius 3 is 2.67 bits per heavy atom. The Morgan fingerprint density at radius 2 is 2.07 bits per heavy atom. The van der Waals surface area contributed by atoms with Crippen LogP contribution in [0.5, 0.6) is 0 Å². The first kappa shape index (κ1) is 14.0. The number of hydrogen-bond acceptors (Lipinski definition) is 4. The van der Waals surface area contributed by atoms with Gasteiger partial charge in [0.25, 0.3) is 0 Å². The number of nitrogens with zero attached hydrogens (tertiary/aromatic N) is 1. The summed E-state index contributed by atoms with van der Waals surface area (Å²) in [6, 6.07) is 4.78. The molecule has 2 rings (SSSR count). The van der Waals surface area contributed by atoms with Gasteiger partial charge in [-0.15, -0.1) is 24.8 Å². The number of aromatic carboxylic acids is 1. The molecule has 1 heterocycles. The summed E-state index contributed by atoms with van der Waals surface area (Å²) in [5, 5.41) is 9.15. The van der Waals surface area contributed by atoms with Crippen LogP contribution in [0.15, 0.2) is 18.2 Å². The molecule has 0 saturated carbocycles. The first-order chi connectivity index (χ1) is 6.16. The lowest BCUT2D eigenvalue weighted by Gasteiger charge is -1.91. The van der Waals surface area contributed by atoms with Crippen LogP contribution in [-0.4, -0.2) is 16.1 Å². The molecule has 0 aliphatic carbocycles. The van der Waals surface area contributed by atoms with Crippen molar-refractivity contribution >= 4 is 57.5 Å². The summed E-state index contributed by atoms with van der Waals surface area (Å²) in [5.41, 5.74) is 6.35. The van der Waals surface area contributed by atoms with E-state index in [4.69, 9.17) is 10.8 Å². The summed E-state index contributed by atoms with van der Waals surface area (Å²) in [5.74, 6) is -0.950. The number of halogens is 2. The maximum atomic E-state index is 10.6. The van der Waals surface area contributed by atoms with E-state index < -0.39 is 5.97 Å². The highest BCUT2D eigenvalue weighted by Gasteiger charge is 2.06. The van der Waals surface area contributed by atoms with Gasteiger partial charge in [-0.2, -0.15) is 0 Å². The van der Waals surface area contributed by atoms with E-state index in [9.17, 15) is 4.79 Å². The van der Waals surface area contributed by atoms with Crippen molar-refractivity contribution in [1.82, 2.24) is 4.98 Å². The Hall–Kier alpha value is -1.04. The van der Waals surface area contributed by atoms with Crippen LogP contribution in [0.4, 0.5) is 5.13 Å². The van der Waals surface area contributed by atoms with Crippen molar-refractivity contribution in [3.63, 3.8) is 0 Å². The van der Waals surface area contributed by atoms with Crippen molar-refractivity contribution in [1.29, 1.82) is 0 Å². The van der Waals surface area contributed by atoms with Crippen molar-refractivity contribution < 1.29 is 9.90 Å². The maximum absolute atomic E-state index is 10.6. The highest BCUT2D eigenvalue weighted by molar-refractivity contribution is 7.22. The fourth-order valence-electron chi connectivity index (χ4n) is 1.08. The van der Waals surface area contributed by atoms with E-state index in [1.165, 1.54) is 17.4 Å². The average Bonchev–Trinajstić information content (AvgIpc) is 2.42. The molecule has 7 heteroatoms. The van der Waals surface area contributed by atoms with Crippen LogP contribution in [0.2, 0.25) is 0 Å². The number of carbonyl (C=O) groups is 1. The Labute approximate surface area is 102 Å². The first-order valence-corrected chi connectivity index (χ1v) is 4.38. The van der Waals surface area contributed by atoms with Gasteiger partial charge >= 0.3 is 5.97 Å². The molecular formula is C8H8Cl2N2O2S. The van der Waals surface area contributed by atoms with Crippen molar-refractivity contribution in [2.75, 3.05) is 5.73 Å². The Morgan fingerprint density at radius 1 is 1.40 bits per heavy atom. The number of thiazole rings is 1. The highest BCUT2D eigenvalue weighted by Crippen LogP contribution is 2.24. The lowest BCUT2D eigenvalue weighted by molar-refractivity contribution is 0.0697. The molecule has 0 bridgehead atoms. The lowest BCUT2D eigenvalue weighted by Crippen LogP contribution is -1.94. The zero-order chi connectivity index (χ0) is 9.42. The van der Waals surface area contributed by atoms with Gasteiger partial charge in [-0.25, -0.2) is 9.78 Å². The minimum absolute atomic E-state index is 0. The van der Waals surface area contributed by atoms with Gasteiger partial charge in [0.05, 0.1) is 15.8 Å². The van der Waals surface area contributed by atoms with Crippen LogP contribution in [0.3, 0.4) is 0 Å². The predicted octanol–water partition coefficient (Wildman–Crippen LogP) is 2.42. The zero-order valence-electron chi connectivity index (χ0n) is 7.34. The van der Waals surface area contributed by atoms with E-state index in [0.717, 1.165) is 4.70 Å². The lowest BCUT2D eigenvalue weighted by atomic mass is 10.2. The number of carboxylic acid groups (broad SMARTS) is 1. The third kappa shape index (κ3) is 2.71. The molecule has 15 heavy (non-hydrogen) atoms. The number of nitrogen functional groups attached to an aromatic ring is 1. The number of anilines is 1. The van der Waals surface area contributed by atoms with Crippen LogP contribution in [0.25, 0.3) is 10.2 Å². The van der Waals surface area contributed by atoms with E-state index in [-0.39, 0.29) is 30.4 Å². The second-order valence-corrected chi connectivity index (χ2v) is 3.60. The SMILES string of the molecule is Cl.Cl.Nc1nc2cc(C(=O)O)ccc2s1. The molecule has 0 unspecified atom stereocenters. The van der Waals surface area contributed by atoms with Gasteiger partial charge in [-0.3, -0.25) is 0 Å². The molecule has 0 saturated heterocycles. The largest absolute Gasteiger partial charge is 0.478 e. The fraction of sp³-hybridized carbons (Fsp3) is 0. The third-order valence-electron chi connectivity index (χ3n) is 1.65. The number of hydrogen-bond donors (Lipinski definition) is 2. The van der Waals surface area contributed by atoms with Crippen molar-refractivity contribution in [2.45, 2.75) is 0 Å². The Kier molecular flexibility index (Phi) is 4.80. The third-order valence-corrected chi connectivity index (χ3v) is 2.52. The molecule has 0 radical (unpaired) electrons. The first-order valence-electron chi connectivity index (χ1n) is 3.56. The molecule has 1 aromatic heterocycles. The number of carboxylic acids is 1. The van der Waals surface area contributed by atoms with Crippen LogP contribution in [0, 0.1) is 0 Å². The molecule has 4 nitrogen and oxygen atoms in total. The summed E-state index contributed by atoms with van der Waals surface area (Å²) in [6.07, 6.45) is 0. The van der Waals surface area contributed by atoms with Crippen molar-refractivity contribution in [3.05, 3.63) is 23.8 Å². The van der Waals surface area contributed by atoms with Gasteiger partial charge in [0.15, 0.2) is 5.13 Å². The molecule has 82 valence electrons. The molecular weight excluding hydrogens is 259 g/mol. The van der Waals surface area contributed by atoms with E-state index in [0.29, 0.717) is 10.6 Å². The van der Waals surface area contributed by atoms with E-state index >= 15 is 0 Å². The predicted molar refractivity (Wildman–Crippen MR) is 65.5 cm³/mol. The van der Waals surface area contributed by atoms with E-state index in [2.05, 4.69) is 4.98 Å². The Balaban J connectivity index is 0.000000980. The molecule has 0 fully saturated rings. The second kappa shape index (κ2) is 5.16. The standard InChI is InChI=1S/C8H6N2O2S.2ClH/c9-8-10-5-3-4(7(11)12)1-2-6(5)13-8;;/h1-3H,(H2,9,10)(H,11,12);2*1H. The fourth-order valence-corrected chi connectivity index (χ4v) is 1.79. The molecule has 1 aromatic carbocycles. The molecule has 2 aromatic rings. The minimum atomic E-state index is -0.950. The van der Waals surface area contributed by atoms with Gasteiger partial charge in [-0.05, 0) is 18.2 Å².